The first-order valence-electron chi connectivity index (χ1n) is 10.2. The number of aliphatic hydroxyl groups is 1. The smallest absolute Gasteiger partial charge is 0.230 e. The number of aliphatic hydroxyl groups excluding tert-OH is 1. The number of hydrogen-bond acceptors (Lipinski definition) is 4. The molecule has 28 heavy (non-hydrogen) atoms. The van der Waals surface area contributed by atoms with Gasteiger partial charge in [0.05, 0.1) is 12.5 Å². The zero-order chi connectivity index (χ0) is 20.3. The number of aromatic amines is 1. The van der Waals surface area contributed by atoms with E-state index >= 15 is 0 Å². The van der Waals surface area contributed by atoms with E-state index in [1.807, 2.05) is 4.90 Å². The first-order valence-corrected chi connectivity index (χ1v) is 10.2. The van der Waals surface area contributed by atoms with Crippen LogP contribution in [0, 0.1) is 5.92 Å². The van der Waals surface area contributed by atoms with Gasteiger partial charge in [0, 0.05) is 49.3 Å². The molecule has 0 unspecified atom stereocenters. The SMILES string of the molecule is CCN(CC)C(=O)[C@@H]1C=C2c3cccc4[nH]cc(c34)C[C@H]2N(C)C1.NCCO. The van der Waals surface area contributed by atoms with Crippen molar-refractivity contribution in [2.24, 2.45) is 11.7 Å². The van der Waals surface area contributed by atoms with Crippen LogP contribution < -0.4 is 5.73 Å². The molecule has 2 aliphatic rings. The molecule has 0 fully saturated rings. The van der Waals surface area contributed by atoms with Crippen molar-refractivity contribution in [2.45, 2.75) is 26.3 Å². The van der Waals surface area contributed by atoms with Gasteiger partial charge in [-0.1, -0.05) is 18.2 Å². The van der Waals surface area contributed by atoms with Gasteiger partial charge in [-0.05, 0) is 50.1 Å². The van der Waals surface area contributed by atoms with Gasteiger partial charge in [0.2, 0.25) is 5.91 Å². The van der Waals surface area contributed by atoms with Gasteiger partial charge in [-0.15, -0.1) is 0 Å². The minimum atomic E-state index is -0.0445. The summed E-state index contributed by atoms with van der Waals surface area (Å²) in [5.74, 6) is 0.210. The van der Waals surface area contributed by atoms with E-state index in [0.717, 1.165) is 26.1 Å². The first-order chi connectivity index (χ1) is 13.5. The highest BCUT2D eigenvalue weighted by atomic mass is 16.3. The predicted octanol–water partition coefficient (Wildman–Crippen LogP) is 1.84. The van der Waals surface area contributed by atoms with Crippen molar-refractivity contribution in [1.29, 1.82) is 0 Å². The quantitative estimate of drug-likeness (QED) is 0.751. The lowest BCUT2D eigenvalue weighted by Crippen LogP contribution is -2.47. The van der Waals surface area contributed by atoms with Gasteiger partial charge in [0.15, 0.2) is 0 Å². The van der Waals surface area contributed by atoms with Crippen molar-refractivity contribution < 1.29 is 9.90 Å². The second kappa shape index (κ2) is 8.90. The Bertz CT molecular complexity index is 851. The molecule has 4 rings (SSSR count). The number of nitrogens with one attached hydrogen (secondary N) is 1. The molecular weight excluding hydrogens is 352 g/mol. The van der Waals surface area contributed by atoms with Gasteiger partial charge >= 0.3 is 0 Å². The lowest BCUT2D eigenvalue weighted by Gasteiger charge is -2.40. The van der Waals surface area contributed by atoms with Crippen molar-refractivity contribution in [2.75, 3.05) is 39.8 Å². The molecule has 6 nitrogen and oxygen atoms in total. The van der Waals surface area contributed by atoms with Crippen LogP contribution in [-0.4, -0.2) is 71.7 Å². The molecule has 1 aromatic heterocycles. The standard InChI is InChI=1S/C20H25N3O.C2H7NO/c1-4-23(5-2)20(24)14-9-16-15-7-6-8-17-19(15)13(11-21-17)10-18(16)22(3)12-14;3-1-2-4/h6-9,11,14,18,21H,4-5,10,12H2,1-3H3;4H,1-3H2/t14-,18-;/m1./s1. The van der Waals surface area contributed by atoms with Crippen LogP contribution in [0.4, 0.5) is 0 Å². The van der Waals surface area contributed by atoms with E-state index in [-0.39, 0.29) is 18.4 Å². The zero-order valence-corrected chi connectivity index (χ0v) is 17.1. The molecule has 1 aromatic carbocycles. The van der Waals surface area contributed by atoms with Gasteiger partial charge < -0.3 is 20.7 Å². The monoisotopic (exact) mass is 384 g/mol. The third-order valence-electron chi connectivity index (χ3n) is 5.79. The van der Waals surface area contributed by atoms with E-state index in [9.17, 15) is 4.79 Å². The summed E-state index contributed by atoms with van der Waals surface area (Å²) >= 11 is 0. The molecule has 1 aliphatic heterocycles. The second-order valence-corrected chi connectivity index (χ2v) is 7.45. The molecule has 1 amide bonds. The fourth-order valence-corrected chi connectivity index (χ4v) is 4.38. The van der Waals surface area contributed by atoms with Crippen molar-refractivity contribution >= 4 is 22.4 Å². The lowest BCUT2D eigenvalue weighted by molar-refractivity contribution is -0.134. The van der Waals surface area contributed by atoms with Gasteiger partial charge in [0.25, 0.3) is 0 Å². The van der Waals surface area contributed by atoms with Gasteiger partial charge in [-0.25, -0.2) is 0 Å². The molecule has 2 aromatic rings. The number of hydrogen-bond donors (Lipinski definition) is 3. The predicted molar refractivity (Wildman–Crippen MR) is 114 cm³/mol. The van der Waals surface area contributed by atoms with Gasteiger partial charge in [-0.2, -0.15) is 0 Å². The maximum atomic E-state index is 12.9. The Morgan fingerprint density at radius 1 is 1.36 bits per heavy atom. The summed E-state index contributed by atoms with van der Waals surface area (Å²) in [5.41, 5.74) is 9.99. The summed E-state index contributed by atoms with van der Waals surface area (Å²) in [6.07, 6.45) is 5.41. The summed E-state index contributed by atoms with van der Waals surface area (Å²) in [6, 6.07) is 6.82. The number of nitrogens with zero attached hydrogens (tertiary/aromatic N) is 2. The Labute approximate surface area is 167 Å². The number of carbonyl (C=O) groups is 1. The summed E-state index contributed by atoms with van der Waals surface area (Å²) in [5, 5.41) is 9.09. The van der Waals surface area contributed by atoms with E-state index in [4.69, 9.17) is 10.8 Å². The maximum absolute atomic E-state index is 12.9. The van der Waals surface area contributed by atoms with Crippen LogP contribution in [0.15, 0.2) is 30.5 Å². The molecule has 0 bridgehead atoms. The van der Waals surface area contributed by atoms with Crippen LogP contribution in [0.5, 0.6) is 0 Å². The number of amides is 1. The lowest BCUT2D eigenvalue weighted by atomic mass is 9.79. The fraction of sp³-hybridized carbons (Fsp3) is 0.500. The highest BCUT2D eigenvalue weighted by Gasteiger charge is 2.36. The van der Waals surface area contributed by atoms with E-state index in [1.165, 1.54) is 27.6 Å². The Hall–Kier alpha value is -2.15. The molecule has 6 heteroatoms. The fourth-order valence-electron chi connectivity index (χ4n) is 4.38. The molecule has 4 N–H and O–H groups in total. The van der Waals surface area contributed by atoms with Crippen LogP contribution in [0.3, 0.4) is 0 Å². The van der Waals surface area contributed by atoms with Crippen LogP contribution in [-0.2, 0) is 11.2 Å². The average molecular weight is 385 g/mol. The summed E-state index contributed by atoms with van der Waals surface area (Å²) < 4.78 is 0. The number of carbonyl (C=O) groups excluding carboxylic acids is 1. The number of aromatic nitrogens is 1. The minimum Gasteiger partial charge on any atom is -0.395 e. The maximum Gasteiger partial charge on any atom is 0.230 e. The van der Waals surface area contributed by atoms with Crippen LogP contribution in [0.25, 0.3) is 16.5 Å². The molecule has 0 spiro atoms. The molecule has 0 saturated heterocycles. The summed E-state index contributed by atoms with van der Waals surface area (Å²) in [6.45, 7) is 6.94. The molecule has 1 aliphatic carbocycles. The second-order valence-electron chi connectivity index (χ2n) is 7.45. The summed E-state index contributed by atoms with van der Waals surface area (Å²) in [7, 11) is 2.15. The van der Waals surface area contributed by atoms with E-state index in [1.54, 1.807) is 0 Å². The molecule has 0 radical (unpaired) electrons. The van der Waals surface area contributed by atoms with Crippen LogP contribution in [0.1, 0.15) is 25.0 Å². The number of benzene rings is 1. The Kier molecular flexibility index (Phi) is 6.54. The highest BCUT2D eigenvalue weighted by molar-refractivity contribution is 5.99. The number of fused-ring (bicyclic) bond motifs is 2. The van der Waals surface area contributed by atoms with E-state index in [0.29, 0.717) is 12.6 Å². The minimum absolute atomic E-state index is 0.0445. The molecule has 152 valence electrons. The largest absolute Gasteiger partial charge is 0.395 e. The number of rotatable bonds is 4. The highest BCUT2D eigenvalue weighted by Crippen LogP contribution is 2.40. The topological polar surface area (TPSA) is 85.6 Å². The van der Waals surface area contributed by atoms with Gasteiger partial charge in [0.1, 0.15) is 0 Å². The van der Waals surface area contributed by atoms with Crippen molar-refractivity contribution in [3.8, 4) is 0 Å². The third kappa shape index (κ3) is 3.72. The van der Waals surface area contributed by atoms with Crippen molar-refractivity contribution in [3.63, 3.8) is 0 Å². The molecule has 2 heterocycles. The molecule has 2 atom stereocenters. The molecule has 0 saturated carbocycles. The summed E-state index contributed by atoms with van der Waals surface area (Å²) in [4.78, 5) is 20.6. The first kappa shape index (κ1) is 20.6. The number of nitrogens with two attached hydrogens (primary N) is 1. The van der Waals surface area contributed by atoms with Crippen LogP contribution >= 0.6 is 0 Å². The zero-order valence-electron chi connectivity index (χ0n) is 17.1. The Morgan fingerprint density at radius 3 is 2.71 bits per heavy atom. The molecular formula is C22H32N4O2. The van der Waals surface area contributed by atoms with E-state index < -0.39 is 0 Å². The number of H-pyrrole nitrogens is 1. The van der Waals surface area contributed by atoms with E-state index in [2.05, 4.69) is 61.3 Å². The van der Waals surface area contributed by atoms with Crippen molar-refractivity contribution in [1.82, 2.24) is 14.8 Å². The Morgan fingerprint density at radius 2 is 2.07 bits per heavy atom. The third-order valence-corrected chi connectivity index (χ3v) is 5.79. The van der Waals surface area contributed by atoms with Crippen LogP contribution in [0.2, 0.25) is 0 Å². The Balaban J connectivity index is 0.000000516. The average Bonchev–Trinajstić information content (AvgIpc) is 3.14. The normalized spacial score (nSPS) is 20.8. The van der Waals surface area contributed by atoms with Crippen molar-refractivity contribution in [3.05, 3.63) is 41.6 Å². The number of likely N-dealkylation sites (N-methyl/N-ethyl adjacent to an activating group) is 1. The van der Waals surface area contributed by atoms with Gasteiger partial charge in [-0.3, -0.25) is 9.69 Å².